The molecule has 0 aromatic carbocycles. The summed E-state index contributed by atoms with van der Waals surface area (Å²) in [7, 11) is -3.51. The largest absolute Gasteiger partial charge is 0.443 e. The van der Waals surface area contributed by atoms with Crippen LogP contribution in [-0.4, -0.2) is 19.5 Å². The molecule has 1 fully saturated rings. The molecule has 0 saturated heterocycles. The van der Waals surface area contributed by atoms with Gasteiger partial charge >= 0.3 is 0 Å². The summed E-state index contributed by atoms with van der Waals surface area (Å²) < 4.78 is 30.9. The smallest absolute Gasteiger partial charge is 0.237 e. The van der Waals surface area contributed by atoms with E-state index in [1.807, 2.05) is 0 Å². The predicted molar refractivity (Wildman–Crippen MR) is 63.7 cm³/mol. The molecule has 1 aromatic heterocycles. The van der Waals surface area contributed by atoms with Crippen LogP contribution in [0.2, 0.25) is 0 Å². The van der Waals surface area contributed by atoms with Crippen molar-refractivity contribution in [3.8, 4) is 6.07 Å². The molecule has 1 heterocycles. The fourth-order valence-electron chi connectivity index (χ4n) is 1.74. The molecular weight excluding hydrogens is 256 g/mol. The summed E-state index contributed by atoms with van der Waals surface area (Å²) in [5.41, 5.74) is 0.0789. The molecule has 0 spiro atoms. The SMILES string of the molecule is CC(=O)c1c(C)oc(NS(=O)(=O)C2CC2)c1C#N. The second-order valence-corrected chi connectivity index (χ2v) is 6.21. The molecule has 96 valence electrons. The van der Waals surface area contributed by atoms with E-state index in [0.717, 1.165) is 0 Å². The van der Waals surface area contributed by atoms with Gasteiger partial charge < -0.3 is 4.42 Å². The highest BCUT2D eigenvalue weighted by atomic mass is 32.2. The molecule has 1 N–H and O–H groups in total. The summed E-state index contributed by atoms with van der Waals surface area (Å²) >= 11 is 0. The van der Waals surface area contributed by atoms with E-state index in [0.29, 0.717) is 12.8 Å². The highest BCUT2D eigenvalue weighted by molar-refractivity contribution is 7.93. The molecule has 0 aliphatic heterocycles. The van der Waals surface area contributed by atoms with Gasteiger partial charge in [0.05, 0.1) is 10.8 Å². The van der Waals surface area contributed by atoms with Gasteiger partial charge in [-0.3, -0.25) is 9.52 Å². The molecule has 2 rings (SSSR count). The van der Waals surface area contributed by atoms with Crippen LogP contribution in [0.15, 0.2) is 4.42 Å². The number of ketones is 1. The first-order chi connectivity index (χ1) is 8.36. The molecule has 0 atom stereocenters. The van der Waals surface area contributed by atoms with E-state index in [1.54, 1.807) is 6.07 Å². The third-order valence-corrected chi connectivity index (χ3v) is 4.57. The first-order valence-corrected chi connectivity index (χ1v) is 6.97. The molecule has 6 nitrogen and oxygen atoms in total. The monoisotopic (exact) mass is 268 g/mol. The Labute approximate surface area is 105 Å². The average Bonchev–Trinajstić information content (AvgIpc) is 3.03. The minimum Gasteiger partial charge on any atom is -0.443 e. The first kappa shape index (κ1) is 12.6. The number of hydrogen-bond acceptors (Lipinski definition) is 5. The topological polar surface area (TPSA) is 100 Å². The number of carbonyl (C=O) groups excluding carboxylic acids is 1. The van der Waals surface area contributed by atoms with Crippen LogP contribution in [0.4, 0.5) is 5.88 Å². The quantitative estimate of drug-likeness (QED) is 0.835. The number of carbonyl (C=O) groups is 1. The minimum atomic E-state index is -3.51. The van der Waals surface area contributed by atoms with Gasteiger partial charge in [-0.2, -0.15) is 5.26 Å². The Kier molecular flexibility index (Phi) is 2.91. The predicted octanol–water partition coefficient (Wildman–Crippen LogP) is 1.57. The van der Waals surface area contributed by atoms with Crippen molar-refractivity contribution < 1.29 is 17.6 Å². The van der Waals surface area contributed by atoms with E-state index in [1.165, 1.54) is 13.8 Å². The van der Waals surface area contributed by atoms with Crippen LogP contribution in [0.5, 0.6) is 0 Å². The van der Waals surface area contributed by atoms with Crippen molar-refractivity contribution in [2.24, 2.45) is 0 Å². The maximum atomic E-state index is 11.8. The van der Waals surface area contributed by atoms with Gasteiger partial charge in [-0.15, -0.1) is 0 Å². The number of Topliss-reactive ketones (excluding diaryl/α,β-unsaturated/α-hetero) is 1. The Morgan fingerprint density at radius 2 is 2.11 bits per heavy atom. The highest BCUT2D eigenvalue weighted by Gasteiger charge is 2.37. The Morgan fingerprint density at radius 3 is 2.56 bits per heavy atom. The highest BCUT2D eigenvalue weighted by Crippen LogP contribution is 2.33. The molecular formula is C11H12N2O4S. The molecule has 0 radical (unpaired) electrons. The average molecular weight is 268 g/mol. The second-order valence-electron chi connectivity index (χ2n) is 4.25. The number of aryl methyl sites for hydroxylation is 1. The zero-order valence-corrected chi connectivity index (χ0v) is 10.8. The third kappa shape index (κ3) is 2.11. The van der Waals surface area contributed by atoms with E-state index in [4.69, 9.17) is 9.68 Å². The lowest BCUT2D eigenvalue weighted by molar-refractivity contribution is 0.101. The number of nitriles is 1. The third-order valence-electron chi connectivity index (χ3n) is 2.75. The molecule has 1 aliphatic carbocycles. The molecule has 1 aliphatic rings. The standard InChI is InChI=1S/C11H12N2O4S/c1-6(14)10-7(2)17-11(9(10)5-12)13-18(15,16)8-3-4-8/h8,13H,3-4H2,1-2H3. The van der Waals surface area contributed by atoms with Crippen molar-refractivity contribution in [3.05, 3.63) is 16.9 Å². The van der Waals surface area contributed by atoms with Gasteiger partial charge in [-0.1, -0.05) is 0 Å². The van der Waals surface area contributed by atoms with Crippen LogP contribution in [0.25, 0.3) is 0 Å². The maximum Gasteiger partial charge on any atom is 0.237 e. The number of nitrogens with one attached hydrogen (secondary N) is 1. The summed E-state index contributed by atoms with van der Waals surface area (Å²) in [5.74, 6) is -0.246. The number of sulfonamides is 1. The van der Waals surface area contributed by atoms with E-state index < -0.39 is 15.3 Å². The van der Waals surface area contributed by atoms with Crippen LogP contribution >= 0.6 is 0 Å². The van der Waals surface area contributed by atoms with Gasteiger partial charge in [0.2, 0.25) is 15.9 Å². The Morgan fingerprint density at radius 1 is 1.50 bits per heavy atom. The number of hydrogen-bond donors (Lipinski definition) is 1. The van der Waals surface area contributed by atoms with Gasteiger partial charge in [0.15, 0.2) is 5.78 Å². The maximum absolute atomic E-state index is 11.8. The van der Waals surface area contributed by atoms with Crippen molar-refractivity contribution in [1.82, 2.24) is 0 Å². The summed E-state index contributed by atoms with van der Waals surface area (Å²) in [5, 5.41) is 8.59. The zero-order chi connectivity index (χ0) is 13.5. The van der Waals surface area contributed by atoms with Crippen LogP contribution in [0.3, 0.4) is 0 Å². The minimum absolute atomic E-state index is 0.0516. The Bertz CT molecular complexity index is 647. The lowest BCUT2D eigenvalue weighted by Crippen LogP contribution is -2.17. The van der Waals surface area contributed by atoms with Crippen LogP contribution < -0.4 is 4.72 Å². The summed E-state index contributed by atoms with van der Waals surface area (Å²) in [6.45, 7) is 2.82. The van der Waals surface area contributed by atoms with E-state index in [9.17, 15) is 13.2 Å². The van der Waals surface area contributed by atoms with E-state index in [-0.39, 0.29) is 28.6 Å². The molecule has 1 saturated carbocycles. The van der Waals surface area contributed by atoms with Crippen LogP contribution in [0.1, 0.15) is 41.4 Å². The van der Waals surface area contributed by atoms with E-state index in [2.05, 4.69) is 4.72 Å². The van der Waals surface area contributed by atoms with Crippen LogP contribution in [-0.2, 0) is 10.0 Å². The van der Waals surface area contributed by atoms with Crippen molar-refractivity contribution in [3.63, 3.8) is 0 Å². The van der Waals surface area contributed by atoms with Crippen LogP contribution in [0, 0.1) is 18.3 Å². The summed E-state index contributed by atoms with van der Waals surface area (Å²) in [4.78, 5) is 11.4. The molecule has 1 aromatic rings. The number of anilines is 1. The van der Waals surface area contributed by atoms with Gasteiger partial charge in [0.1, 0.15) is 17.4 Å². The fraction of sp³-hybridized carbons (Fsp3) is 0.455. The number of furan rings is 1. The van der Waals surface area contributed by atoms with Gasteiger partial charge in [0.25, 0.3) is 0 Å². The van der Waals surface area contributed by atoms with Gasteiger partial charge in [-0.05, 0) is 26.7 Å². The molecule has 7 heteroatoms. The zero-order valence-electron chi connectivity index (χ0n) is 9.98. The van der Waals surface area contributed by atoms with Gasteiger partial charge in [-0.25, -0.2) is 8.42 Å². The second kappa shape index (κ2) is 4.14. The Hall–Kier alpha value is -1.81. The van der Waals surface area contributed by atoms with Crippen molar-refractivity contribution in [2.45, 2.75) is 31.9 Å². The Balaban J connectivity index is 2.43. The first-order valence-electron chi connectivity index (χ1n) is 5.43. The molecule has 18 heavy (non-hydrogen) atoms. The molecule has 0 bridgehead atoms. The normalized spacial score (nSPS) is 15.2. The van der Waals surface area contributed by atoms with Crippen molar-refractivity contribution in [1.29, 1.82) is 5.26 Å². The molecule has 0 unspecified atom stereocenters. The van der Waals surface area contributed by atoms with E-state index >= 15 is 0 Å². The van der Waals surface area contributed by atoms with Crippen molar-refractivity contribution in [2.75, 3.05) is 4.72 Å². The van der Waals surface area contributed by atoms with Crippen molar-refractivity contribution >= 4 is 21.7 Å². The lowest BCUT2D eigenvalue weighted by atomic mass is 10.1. The summed E-state index contributed by atoms with van der Waals surface area (Å²) in [6, 6.07) is 1.81. The number of nitrogens with zero attached hydrogens (tertiary/aromatic N) is 1. The lowest BCUT2D eigenvalue weighted by Gasteiger charge is -2.03. The van der Waals surface area contributed by atoms with Gasteiger partial charge in [0, 0.05) is 0 Å². The molecule has 0 amide bonds. The fourth-order valence-corrected chi connectivity index (χ4v) is 3.06. The number of rotatable bonds is 4. The summed E-state index contributed by atoms with van der Waals surface area (Å²) in [6.07, 6.45) is 1.22.